The van der Waals surface area contributed by atoms with Gasteiger partial charge in [-0.1, -0.05) is 36.4 Å². The van der Waals surface area contributed by atoms with E-state index >= 15 is 0 Å². The molecule has 2 aromatic rings. The Labute approximate surface area is 172 Å². The van der Waals surface area contributed by atoms with Crippen molar-refractivity contribution in [2.45, 2.75) is 32.4 Å². The van der Waals surface area contributed by atoms with Crippen molar-refractivity contribution >= 4 is 23.0 Å². The third kappa shape index (κ3) is 4.01. The maximum absolute atomic E-state index is 11.6. The van der Waals surface area contributed by atoms with Crippen molar-refractivity contribution in [2.75, 3.05) is 36.4 Å². The van der Waals surface area contributed by atoms with Crippen LogP contribution in [0.2, 0.25) is 0 Å². The van der Waals surface area contributed by atoms with Gasteiger partial charge in [-0.05, 0) is 53.7 Å². The Morgan fingerprint density at radius 3 is 2.72 bits per heavy atom. The Bertz CT molecular complexity index is 944. The summed E-state index contributed by atoms with van der Waals surface area (Å²) >= 11 is 0. The van der Waals surface area contributed by atoms with Crippen LogP contribution in [0.5, 0.6) is 0 Å². The number of piperazine rings is 1. The standard InChI is InChI=1S/C24H28N4O/c29-24-25-16-21-8-9-22(15-23(21)26-24)28-12-10-27(11-13-28)17-18-4-3-7-20(14-18)19-5-1-2-6-19/h3-5,7-9,14-15H,1-2,6,10-13,16-17H2,(H2,25,26,29). The number of urea groups is 1. The normalized spacial score (nSPS) is 19.4. The monoisotopic (exact) mass is 388 g/mol. The van der Waals surface area contributed by atoms with Crippen molar-refractivity contribution in [1.29, 1.82) is 0 Å². The molecule has 0 bridgehead atoms. The van der Waals surface area contributed by atoms with Gasteiger partial charge in [0.05, 0.1) is 0 Å². The lowest BCUT2D eigenvalue weighted by Crippen LogP contribution is -2.46. The molecule has 2 aliphatic heterocycles. The zero-order chi connectivity index (χ0) is 19.6. The Morgan fingerprint density at radius 1 is 1.00 bits per heavy atom. The molecule has 1 fully saturated rings. The molecular formula is C24H28N4O. The molecule has 2 heterocycles. The van der Waals surface area contributed by atoms with E-state index in [1.54, 1.807) is 0 Å². The number of fused-ring (bicyclic) bond motifs is 1. The maximum Gasteiger partial charge on any atom is 0.319 e. The molecule has 2 amide bonds. The van der Waals surface area contributed by atoms with Crippen molar-refractivity contribution in [3.63, 3.8) is 0 Å². The van der Waals surface area contributed by atoms with E-state index in [0.717, 1.165) is 44.0 Å². The number of anilines is 2. The van der Waals surface area contributed by atoms with E-state index in [4.69, 9.17) is 0 Å². The molecule has 0 radical (unpaired) electrons. The number of allylic oxidation sites excluding steroid dienone is 2. The lowest BCUT2D eigenvalue weighted by atomic mass is 10.0. The van der Waals surface area contributed by atoms with Crippen LogP contribution in [0.1, 0.15) is 36.0 Å². The minimum Gasteiger partial charge on any atom is -0.369 e. The quantitative estimate of drug-likeness (QED) is 0.825. The molecule has 2 aromatic carbocycles. The summed E-state index contributed by atoms with van der Waals surface area (Å²) in [6, 6.07) is 15.4. The van der Waals surface area contributed by atoms with Gasteiger partial charge in [0.25, 0.3) is 0 Å². The van der Waals surface area contributed by atoms with Gasteiger partial charge in [0.15, 0.2) is 0 Å². The molecule has 5 nitrogen and oxygen atoms in total. The van der Waals surface area contributed by atoms with Gasteiger partial charge in [-0.25, -0.2) is 4.79 Å². The highest BCUT2D eigenvalue weighted by molar-refractivity contribution is 5.93. The number of rotatable bonds is 4. The zero-order valence-corrected chi connectivity index (χ0v) is 16.8. The number of nitrogens with zero attached hydrogens (tertiary/aromatic N) is 2. The van der Waals surface area contributed by atoms with Crippen molar-refractivity contribution < 1.29 is 4.79 Å². The molecule has 2 N–H and O–H groups in total. The first kappa shape index (κ1) is 18.3. The summed E-state index contributed by atoms with van der Waals surface area (Å²) in [7, 11) is 0. The fourth-order valence-corrected chi connectivity index (χ4v) is 4.60. The van der Waals surface area contributed by atoms with Crippen LogP contribution < -0.4 is 15.5 Å². The predicted octanol–water partition coefficient (Wildman–Crippen LogP) is 4.21. The van der Waals surface area contributed by atoms with E-state index in [1.165, 1.54) is 41.6 Å². The highest BCUT2D eigenvalue weighted by Crippen LogP contribution is 2.29. The molecule has 0 unspecified atom stereocenters. The Balaban J connectivity index is 1.21. The van der Waals surface area contributed by atoms with Gasteiger partial charge in [-0.3, -0.25) is 4.90 Å². The first-order valence-corrected chi connectivity index (χ1v) is 10.7. The van der Waals surface area contributed by atoms with Gasteiger partial charge in [0.1, 0.15) is 0 Å². The second-order valence-corrected chi connectivity index (χ2v) is 8.23. The van der Waals surface area contributed by atoms with Crippen molar-refractivity contribution in [3.8, 4) is 0 Å². The zero-order valence-electron chi connectivity index (χ0n) is 16.8. The maximum atomic E-state index is 11.6. The molecule has 29 heavy (non-hydrogen) atoms. The van der Waals surface area contributed by atoms with Crippen molar-refractivity contribution in [2.24, 2.45) is 0 Å². The number of amides is 2. The number of hydrogen-bond donors (Lipinski definition) is 2. The molecule has 0 aromatic heterocycles. The molecule has 3 aliphatic rings. The average molecular weight is 389 g/mol. The Hall–Kier alpha value is -2.79. The SMILES string of the molecule is O=C1NCc2ccc(N3CCN(Cc4cccc(C5=CCCC5)c4)CC3)cc2N1. The van der Waals surface area contributed by atoms with Crippen LogP contribution in [0.3, 0.4) is 0 Å². The van der Waals surface area contributed by atoms with Crippen LogP contribution >= 0.6 is 0 Å². The van der Waals surface area contributed by atoms with Crippen LogP contribution in [-0.4, -0.2) is 37.1 Å². The summed E-state index contributed by atoms with van der Waals surface area (Å²) in [6.45, 7) is 5.74. The van der Waals surface area contributed by atoms with E-state index in [1.807, 2.05) is 0 Å². The van der Waals surface area contributed by atoms with Crippen LogP contribution in [0.25, 0.3) is 5.57 Å². The lowest BCUT2D eigenvalue weighted by molar-refractivity contribution is 0.249. The van der Waals surface area contributed by atoms with Gasteiger partial charge in [-0.15, -0.1) is 0 Å². The first-order valence-electron chi connectivity index (χ1n) is 10.7. The van der Waals surface area contributed by atoms with E-state index in [9.17, 15) is 4.79 Å². The van der Waals surface area contributed by atoms with Crippen LogP contribution in [0.4, 0.5) is 16.2 Å². The molecule has 5 heteroatoms. The molecule has 1 saturated heterocycles. The van der Waals surface area contributed by atoms with Crippen LogP contribution in [-0.2, 0) is 13.1 Å². The highest BCUT2D eigenvalue weighted by atomic mass is 16.2. The van der Waals surface area contributed by atoms with Crippen LogP contribution in [0.15, 0.2) is 48.5 Å². The van der Waals surface area contributed by atoms with E-state index in [-0.39, 0.29) is 6.03 Å². The van der Waals surface area contributed by atoms with Gasteiger partial charge < -0.3 is 15.5 Å². The fourth-order valence-electron chi connectivity index (χ4n) is 4.60. The third-order valence-corrected chi connectivity index (χ3v) is 6.26. The van der Waals surface area contributed by atoms with E-state index in [0.29, 0.717) is 6.54 Å². The summed E-state index contributed by atoms with van der Waals surface area (Å²) in [5, 5.41) is 5.73. The lowest BCUT2D eigenvalue weighted by Gasteiger charge is -2.36. The van der Waals surface area contributed by atoms with Gasteiger partial charge in [0, 0.05) is 50.6 Å². The summed E-state index contributed by atoms with van der Waals surface area (Å²) in [5.41, 5.74) is 7.61. The third-order valence-electron chi connectivity index (χ3n) is 6.26. The predicted molar refractivity (Wildman–Crippen MR) is 118 cm³/mol. The molecule has 1 aliphatic carbocycles. The summed E-state index contributed by atoms with van der Waals surface area (Å²) in [6.07, 6.45) is 6.14. The molecule has 0 spiro atoms. The number of carbonyl (C=O) groups excluding carboxylic acids is 1. The summed E-state index contributed by atoms with van der Waals surface area (Å²) in [4.78, 5) is 16.6. The number of nitrogens with one attached hydrogen (secondary N) is 2. The van der Waals surface area contributed by atoms with Crippen LogP contribution in [0, 0.1) is 0 Å². The second kappa shape index (κ2) is 7.91. The van der Waals surface area contributed by atoms with E-state index < -0.39 is 0 Å². The largest absolute Gasteiger partial charge is 0.369 e. The molecule has 0 saturated carbocycles. The summed E-state index contributed by atoms with van der Waals surface area (Å²) in [5.74, 6) is 0. The molecule has 0 atom stereocenters. The fraction of sp³-hybridized carbons (Fsp3) is 0.375. The topological polar surface area (TPSA) is 47.6 Å². The van der Waals surface area contributed by atoms with Crippen molar-refractivity contribution in [1.82, 2.24) is 10.2 Å². The summed E-state index contributed by atoms with van der Waals surface area (Å²) < 4.78 is 0. The molecular weight excluding hydrogens is 360 g/mol. The van der Waals surface area contributed by atoms with E-state index in [2.05, 4.69) is 69.0 Å². The smallest absolute Gasteiger partial charge is 0.319 e. The number of benzene rings is 2. The average Bonchev–Trinajstić information content (AvgIpc) is 3.29. The first-order chi connectivity index (χ1) is 14.2. The molecule has 150 valence electrons. The second-order valence-electron chi connectivity index (χ2n) is 8.23. The number of hydrogen-bond acceptors (Lipinski definition) is 3. The van der Waals surface area contributed by atoms with Gasteiger partial charge in [-0.2, -0.15) is 0 Å². The van der Waals surface area contributed by atoms with Crippen molar-refractivity contribution in [3.05, 3.63) is 65.2 Å². The minimum absolute atomic E-state index is 0.116. The molecule has 5 rings (SSSR count). The highest BCUT2D eigenvalue weighted by Gasteiger charge is 2.20. The Morgan fingerprint density at radius 2 is 1.90 bits per heavy atom. The van der Waals surface area contributed by atoms with Gasteiger partial charge in [0.2, 0.25) is 0 Å². The number of carbonyl (C=O) groups is 1. The minimum atomic E-state index is -0.116. The Kier molecular flexibility index (Phi) is 4.98. The van der Waals surface area contributed by atoms with Gasteiger partial charge >= 0.3 is 6.03 Å².